The van der Waals surface area contributed by atoms with Gasteiger partial charge in [0, 0.05) is 11.4 Å². The molecule has 0 radical (unpaired) electrons. The van der Waals surface area contributed by atoms with Crippen molar-refractivity contribution in [2.75, 3.05) is 5.33 Å². The third-order valence-electron chi connectivity index (χ3n) is 3.61. The van der Waals surface area contributed by atoms with E-state index >= 15 is 0 Å². The molecular weight excluding hydrogens is 348 g/mol. The van der Waals surface area contributed by atoms with E-state index in [0.717, 1.165) is 25.7 Å². The number of amides is 1. The third-order valence-corrected chi connectivity index (χ3v) is 5.00. The SMILES string of the molecule is O=C(NC1(CBr)CCCC1)c1c(Cl)cccc1[N+](=O)[O-]. The Labute approximate surface area is 130 Å². The maximum Gasteiger partial charge on any atom is 0.283 e. The highest BCUT2D eigenvalue weighted by Gasteiger charge is 2.36. The first-order valence-electron chi connectivity index (χ1n) is 6.30. The van der Waals surface area contributed by atoms with Crippen LogP contribution in [0.1, 0.15) is 36.0 Å². The van der Waals surface area contributed by atoms with E-state index < -0.39 is 10.8 Å². The summed E-state index contributed by atoms with van der Waals surface area (Å²) < 4.78 is 0. The molecule has 0 saturated heterocycles. The molecule has 0 spiro atoms. The first kappa shape index (κ1) is 15.3. The lowest BCUT2D eigenvalue weighted by molar-refractivity contribution is -0.385. The number of carbonyl (C=O) groups is 1. The molecule has 0 unspecified atom stereocenters. The number of alkyl halides is 1. The standard InChI is InChI=1S/C13H14BrClN2O3/c14-8-13(6-1-2-7-13)16-12(18)11-9(15)4-3-5-10(11)17(19)20/h3-5H,1-2,6-8H2,(H,16,18). The number of nitrogens with one attached hydrogen (secondary N) is 1. The van der Waals surface area contributed by atoms with Gasteiger partial charge in [0.15, 0.2) is 0 Å². The minimum atomic E-state index is -0.587. The largest absolute Gasteiger partial charge is 0.345 e. The minimum absolute atomic E-state index is 0.0635. The van der Waals surface area contributed by atoms with Crippen LogP contribution in [0.5, 0.6) is 0 Å². The van der Waals surface area contributed by atoms with E-state index in [9.17, 15) is 14.9 Å². The predicted molar refractivity (Wildman–Crippen MR) is 80.6 cm³/mol. The zero-order valence-electron chi connectivity index (χ0n) is 10.7. The average molecular weight is 362 g/mol. The van der Waals surface area contributed by atoms with Crippen molar-refractivity contribution in [2.24, 2.45) is 0 Å². The van der Waals surface area contributed by atoms with Crippen molar-refractivity contribution in [1.29, 1.82) is 0 Å². The van der Waals surface area contributed by atoms with Crippen LogP contribution in [0.15, 0.2) is 18.2 Å². The van der Waals surface area contributed by atoms with Gasteiger partial charge in [-0.2, -0.15) is 0 Å². The van der Waals surface area contributed by atoms with Crippen LogP contribution in [-0.2, 0) is 0 Å². The Morgan fingerprint density at radius 2 is 2.10 bits per heavy atom. The Morgan fingerprint density at radius 1 is 1.45 bits per heavy atom. The molecule has 20 heavy (non-hydrogen) atoms. The van der Waals surface area contributed by atoms with Crippen LogP contribution in [0.25, 0.3) is 0 Å². The summed E-state index contributed by atoms with van der Waals surface area (Å²) in [5.41, 5.74) is -0.659. The van der Waals surface area contributed by atoms with Crippen LogP contribution < -0.4 is 5.32 Å². The van der Waals surface area contributed by atoms with E-state index in [4.69, 9.17) is 11.6 Å². The second-order valence-electron chi connectivity index (χ2n) is 4.97. The molecule has 0 atom stereocenters. The van der Waals surface area contributed by atoms with Gasteiger partial charge >= 0.3 is 0 Å². The van der Waals surface area contributed by atoms with Crippen LogP contribution in [-0.4, -0.2) is 21.7 Å². The highest BCUT2D eigenvalue weighted by molar-refractivity contribution is 9.09. The van der Waals surface area contributed by atoms with E-state index in [1.54, 1.807) is 0 Å². The molecule has 1 N–H and O–H groups in total. The molecule has 1 aromatic carbocycles. The monoisotopic (exact) mass is 360 g/mol. The minimum Gasteiger partial charge on any atom is -0.345 e. The molecule has 1 aromatic rings. The highest BCUT2D eigenvalue weighted by Crippen LogP contribution is 2.33. The molecule has 0 aliphatic heterocycles. The molecule has 108 valence electrons. The Morgan fingerprint density at radius 3 is 2.65 bits per heavy atom. The van der Waals surface area contributed by atoms with Crippen LogP contribution >= 0.6 is 27.5 Å². The Balaban J connectivity index is 2.32. The van der Waals surface area contributed by atoms with Crippen LogP contribution in [0.2, 0.25) is 5.02 Å². The second-order valence-corrected chi connectivity index (χ2v) is 5.93. The van der Waals surface area contributed by atoms with Crippen molar-refractivity contribution in [2.45, 2.75) is 31.2 Å². The van der Waals surface area contributed by atoms with Gasteiger partial charge in [-0.1, -0.05) is 46.4 Å². The number of nitrogens with zero attached hydrogens (tertiary/aromatic N) is 1. The van der Waals surface area contributed by atoms with Gasteiger partial charge < -0.3 is 5.32 Å². The van der Waals surface area contributed by atoms with Crippen LogP contribution in [0.4, 0.5) is 5.69 Å². The van der Waals surface area contributed by atoms with Crippen molar-refractivity contribution in [3.63, 3.8) is 0 Å². The maximum atomic E-state index is 12.4. The molecule has 0 bridgehead atoms. The first-order valence-corrected chi connectivity index (χ1v) is 7.80. The summed E-state index contributed by atoms with van der Waals surface area (Å²) in [6.45, 7) is 0. The van der Waals surface area contributed by atoms with Crippen molar-refractivity contribution >= 4 is 39.1 Å². The summed E-state index contributed by atoms with van der Waals surface area (Å²) in [5, 5.41) is 14.7. The zero-order chi connectivity index (χ0) is 14.8. The van der Waals surface area contributed by atoms with Crippen LogP contribution in [0, 0.1) is 10.1 Å². The number of benzene rings is 1. The number of carbonyl (C=O) groups excluding carboxylic acids is 1. The number of halogens is 2. The van der Waals surface area contributed by atoms with E-state index in [0.29, 0.717) is 5.33 Å². The van der Waals surface area contributed by atoms with Crippen LogP contribution in [0.3, 0.4) is 0 Å². The summed E-state index contributed by atoms with van der Waals surface area (Å²) in [5.74, 6) is -0.483. The summed E-state index contributed by atoms with van der Waals surface area (Å²) in [6, 6.07) is 4.24. The van der Waals surface area contributed by atoms with Gasteiger partial charge in [-0.05, 0) is 18.9 Å². The van der Waals surface area contributed by atoms with Crippen molar-refractivity contribution < 1.29 is 9.72 Å². The molecule has 1 amide bonds. The fourth-order valence-corrected chi connectivity index (χ4v) is 3.49. The zero-order valence-corrected chi connectivity index (χ0v) is 13.0. The summed E-state index contributed by atoms with van der Waals surface area (Å²) >= 11 is 9.38. The second kappa shape index (κ2) is 6.10. The van der Waals surface area contributed by atoms with Gasteiger partial charge in [0.25, 0.3) is 11.6 Å². The summed E-state index contributed by atoms with van der Waals surface area (Å²) in [6.07, 6.45) is 3.80. The average Bonchev–Trinajstić information content (AvgIpc) is 2.87. The summed E-state index contributed by atoms with van der Waals surface area (Å²) in [7, 11) is 0. The summed E-state index contributed by atoms with van der Waals surface area (Å²) in [4.78, 5) is 22.8. The maximum absolute atomic E-state index is 12.4. The lowest BCUT2D eigenvalue weighted by Gasteiger charge is -2.28. The molecule has 7 heteroatoms. The van der Waals surface area contributed by atoms with Gasteiger partial charge in [0.2, 0.25) is 0 Å². The smallest absolute Gasteiger partial charge is 0.283 e. The molecule has 1 saturated carbocycles. The molecule has 1 aliphatic carbocycles. The molecule has 1 fully saturated rings. The Kier molecular flexibility index (Phi) is 4.65. The van der Waals surface area contributed by atoms with Crippen molar-refractivity contribution in [1.82, 2.24) is 5.32 Å². The van der Waals surface area contributed by atoms with Crippen molar-refractivity contribution in [3.8, 4) is 0 Å². The number of nitro groups is 1. The molecular formula is C13H14BrClN2O3. The molecule has 5 nitrogen and oxygen atoms in total. The fraction of sp³-hybridized carbons (Fsp3) is 0.462. The fourth-order valence-electron chi connectivity index (χ4n) is 2.54. The van der Waals surface area contributed by atoms with E-state index in [1.807, 2.05) is 0 Å². The molecule has 2 rings (SSSR count). The van der Waals surface area contributed by atoms with E-state index in [-0.39, 0.29) is 21.8 Å². The normalized spacial score (nSPS) is 16.9. The Bertz CT molecular complexity index is 544. The molecule has 0 aromatic heterocycles. The molecule has 1 aliphatic rings. The third kappa shape index (κ3) is 2.96. The highest BCUT2D eigenvalue weighted by atomic mass is 79.9. The van der Waals surface area contributed by atoms with Gasteiger partial charge in [-0.25, -0.2) is 0 Å². The lowest BCUT2D eigenvalue weighted by atomic mass is 9.99. The topological polar surface area (TPSA) is 72.2 Å². The van der Waals surface area contributed by atoms with Gasteiger partial charge in [0.1, 0.15) is 5.56 Å². The van der Waals surface area contributed by atoms with E-state index in [1.165, 1.54) is 18.2 Å². The number of hydrogen-bond donors (Lipinski definition) is 1. The van der Waals surface area contributed by atoms with Crippen molar-refractivity contribution in [3.05, 3.63) is 38.9 Å². The number of rotatable bonds is 4. The first-order chi connectivity index (χ1) is 9.49. The lowest BCUT2D eigenvalue weighted by Crippen LogP contribution is -2.48. The Hall–Kier alpha value is -1.14. The van der Waals surface area contributed by atoms with Gasteiger partial charge in [0.05, 0.1) is 15.5 Å². The number of hydrogen-bond acceptors (Lipinski definition) is 3. The molecule has 0 heterocycles. The van der Waals surface area contributed by atoms with Gasteiger partial charge in [-0.3, -0.25) is 14.9 Å². The predicted octanol–water partition coefficient (Wildman–Crippen LogP) is 3.69. The number of nitro benzene ring substituents is 1. The quantitative estimate of drug-likeness (QED) is 0.505. The van der Waals surface area contributed by atoms with E-state index in [2.05, 4.69) is 21.2 Å². The van der Waals surface area contributed by atoms with Gasteiger partial charge in [-0.15, -0.1) is 0 Å².